The van der Waals surface area contributed by atoms with Crippen molar-refractivity contribution in [1.82, 2.24) is 4.31 Å². The van der Waals surface area contributed by atoms with Gasteiger partial charge >= 0.3 is 0 Å². The van der Waals surface area contributed by atoms with Gasteiger partial charge in [-0.2, -0.15) is 0 Å². The van der Waals surface area contributed by atoms with Gasteiger partial charge in [-0.3, -0.25) is 4.31 Å². The van der Waals surface area contributed by atoms with Gasteiger partial charge in [-0.05, 0) is 50.8 Å². The van der Waals surface area contributed by atoms with E-state index in [-0.39, 0.29) is 10.0 Å². The van der Waals surface area contributed by atoms with Crippen molar-refractivity contribution >= 4 is 22.0 Å². The maximum atomic E-state index is 2.54. The van der Waals surface area contributed by atoms with E-state index in [4.69, 9.17) is 0 Å². The fourth-order valence-electron chi connectivity index (χ4n) is 2.25. The van der Waals surface area contributed by atoms with E-state index in [1.807, 2.05) is 0 Å². The molecule has 0 unspecified atom stereocenters. The second kappa shape index (κ2) is 7.17. The maximum absolute atomic E-state index is 2.54. The molecule has 1 nitrogen and oxygen atoms in total. The minimum atomic E-state index is -0.279. The van der Waals surface area contributed by atoms with Crippen LogP contribution in [0.3, 0.4) is 0 Å². The summed E-state index contributed by atoms with van der Waals surface area (Å²) in [5.74, 6) is 2.75. The van der Waals surface area contributed by atoms with Crippen molar-refractivity contribution < 1.29 is 0 Å². The molecule has 0 aromatic carbocycles. The number of hydrogen-bond donors (Lipinski definition) is 0. The van der Waals surface area contributed by atoms with Crippen LogP contribution in [0.25, 0.3) is 0 Å². The Morgan fingerprint density at radius 2 is 1.75 bits per heavy atom. The zero-order valence-corrected chi connectivity index (χ0v) is 13.1. The lowest BCUT2D eigenvalue weighted by Gasteiger charge is -2.30. The first-order valence-electron chi connectivity index (χ1n) is 6.51. The average Bonchev–Trinajstić information content (AvgIpc) is 2.24. The molecule has 0 N–H and O–H groups in total. The highest BCUT2D eigenvalue weighted by Gasteiger charge is 2.18. The molecular weight excluding hydrogens is 234 g/mol. The Labute approximate surface area is 108 Å². The Bertz CT molecular complexity index is 183. The summed E-state index contributed by atoms with van der Waals surface area (Å²) in [6.45, 7) is 0. The van der Waals surface area contributed by atoms with E-state index in [0.29, 0.717) is 0 Å². The third kappa shape index (κ3) is 6.41. The van der Waals surface area contributed by atoms with E-state index < -0.39 is 0 Å². The van der Waals surface area contributed by atoms with Crippen molar-refractivity contribution in [2.45, 2.75) is 44.6 Å². The Hall–Kier alpha value is 0.660. The molecule has 1 saturated carbocycles. The van der Waals surface area contributed by atoms with Crippen LogP contribution in [0.2, 0.25) is 0 Å². The van der Waals surface area contributed by atoms with Gasteiger partial charge in [0.15, 0.2) is 0 Å². The second-order valence-corrected chi connectivity index (χ2v) is 11.7. The van der Waals surface area contributed by atoms with E-state index in [1.165, 1.54) is 50.0 Å². The van der Waals surface area contributed by atoms with Gasteiger partial charge in [0.1, 0.15) is 0 Å². The molecule has 1 rings (SSSR count). The van der Waals surface area contributed by atoms with Crippen LogP contribution in [-0.4, -0.2) is 47.7 Å². The molecule has 0 heterocycles. The largest absolute Gasteiger partial charge is 0.251 e. The van der Waals surface area contributed by atoms with Crippen LogP contribution in [0.15, 0.2) is 0 Å². The molecule has 0 aromatic heterocycles. The molecule has 1 fully saturated rings. The molecule has 0 aromatic rings. The molecule has 0 radical (unpaired) electrons. The highest BCUT2D eigenvalue weighted by molar-refractivity contribution is 8.32. The lowest BCUT2D eigenvalue weighted by molar-refractivity contribution is 0.305. The van der Waals surface area contributed by atoms with Crippen LogP contribution in [0.5, 0.6) is 0 Å². The van der Waals surface area contributed by atoms with E-state index >= 15 is 0 Å². The van der Waals surface area contributed by atoms with Crippen molar-refractivity contribution in [2.75, 3.05) is 37.3 Å². The first-order chi connectivity index (χ1) is 7.49. The standard InChI is InChI=1S/C13H29NS2/c1-14(13-9-6-5-7-10-13)15-11-8-12-16(2,3)4/h13H,5-12H2,1-4H3. The van der Waals surface area contributed by atoms with Crippen LogP contribution in [0.1, 0.15) is 38.5 Å². The molecule has 0 aliphatic heterocycles. The molecule has 98 valence electrons. The van der Waals surface area contributed by atoms with Gasteiger partial charge in [0, 0.05) is 11.8 Å². The Morgan fingerprint density at radius 3 is 2.31 bits per heavy atom. The van der Waals surface area contributed by atoms with Gasteiger partial charge in [-0.25, -0.2) is 10.0 Å². The number of nitrogens with zero attached hydrogens (tertiary/aromatic N) is 1. The average molecular weight is 264 g/mol. The van der Waals surface area contributed by atoms with Gasteiger partial charge in [-0.1, -0.05) is 31.2 Å². The minimum absolute atomic E-state index is 0.279. The van der Waals surface area contributed by atoms with Gasteiger partial charge in [0.05, 0.1) is 0 Å². The highest BCUT2D eigenvalue weighted by atomic mass is 32.3. The molecule has 16 heavy (non-hydrogen) atoms. The summed E-state index contributed by atoms with van der Waals surface area (Å²) in [4.78, 5) is 0. The highest BCUT2D eigenvalue weighted by Crippen LogP contribution is 2.35. The van der Waals surface area contributed by atoms with Crippen LogP contribution < -0.4 is 0 Å². The SMILES string of the molecule is CN(SCCCS(C)(C)C)C1CCCCC1. The molecule has 0 bridgehead atoms. The zero-order chi connectivity index (χ0) is 12.0. The molecule has 0 saturated heterocycles. The lowest BCUT2D eigenvalue weighted by atomic mass is 9.96. The Balaban J connectivity index is 2.07. The fraction of sp³-hybridized carbons (Fsp3) is 1.00. The Kier molecular flexibility index (Phi) is 6.60. The van der Waals surface area contributed by atoms with Crippen molar-refractivity contribution in [3.63, 3.8) is 0 Å². The third-order valence-corrected chi connectivity index (χ3v) is 5.97. The zero-order valence-electron chi connectivity index (χ0n) is 11.5. The summed E-state index contributed by atoms with van der Waals surface area (Å²) in [7, 11) is 2.02. The first-order valence-corrected chi connectivity index (χ1v) is 10.5. The van der Waals surface area contributed by atoms with Gasteiger partial charge in [0.25, 0.3) is 0 Å². The normalized spacial score (nSPS) is 20.3. The molecule has 1 aliphatic carbocycles. The smallest absolute Gasteiger partial charge is 0.0199 e. The summed E-state index contributed by atoms with van der Waals surface area (Å²) >= 11 is 2.07. The van der Waals surface area contributed by atoms with Crippen molar-refractivity contribution in [3.8, 4) is 0 Å². The quantitative estimate of drug-likeness (QED) is 0.527. The molecule has 3 heteroatoms. The predicted octanol–water partition coefficient (Wildman–Crippen LogP) is 3.98. The van der Waals surface area contributed by atoms with E-state index in [9.17, 15) is 0 Å². The van der Waals surface area contributed by atoms with E-state index in [1.54, 1.807) is 0 Å². The predicted molar refractivity (Wildman–Crippen MR) is 81.9 cm³/mol. The summed E-state index contributed by atoms with van der Waals surface area (Å²) in [5.41, 5.74) is 0. The molecular formula is C13H29NS2. The van der Waals surface area contributed by atoms with Gasteiger partial charge in [-0.15, -0.1) is 0 Å². The monoisotopic (exact) mass is 263 g/mol. The van der Waals surface area contributed by atoms with E-state index in [2.05, 4.69) is 42.1 Å². The topological polar surface area (TPSA) is 3.24 Å². The van der Waals surface area contributed by atoms with Gasteiger partial charge < -0.3 is 0 Å². The lowest BCUT2D eigenvalue weighted by Crippen LogP contribution is -2.28. The third-order valence-electron chi connectivity index (χ3n) is 3.28. The van der Waals surface area contributed by atoms with Crippen molar-refractivity contribution in [2.24, 2.45) is 0 Å². The van der Waals surface area contributed by atoms with Crippen LogP contribution in [-0.2, 0) is 0 Å². The summed E-state index contributed by atoms with van der Waals surface area (Å²) < 4.78 is 2.54. The Morgan fingerprint density at radius 1 is 1.12 bits per heavy atom. The van der Waals surface area contributed by atoms with Crippen molar-refractivity contribution in [3.05, 3.63) is 0 Å². The fourth-order valence-corrected chi connectivity index (χ4v) is 4.43. The summed E-state index contributed by atoms with van der Waals surface area (Å²) in [5, 5.41) is 0. The number of hydrogen-bond acceptors (Lipinski definition) is 2. The molecule has 0 spiro atoms. The van der Waals surface area contributed by atoms with Crippen LogP contribution >= 0.6 is 22.0 Å². The maximum Gasteiger partial charge on any atom is 0.0199 e. The molecule has 1 aliphatic rings. The minimum Gasteiger partial charge on any atom is -0.251 e. The van der Waals surface area contributed by atoms with Gasteiger partial charge in [0.2, 0.25) is 0 Å². The molecule has 0 amide bonds. The summed E-state index contributed by atoms with van der Waals surface area (Å²) in [6.07, 6.45) is 15.8. The van der Waals surface area contributed by atoms with Crippen molar-refractivity contribution in [1.29, 1.82) is 0 Å². The van der Waals surface area contributed by atoms with E-state index in [0.717, 1.165) is 6.04 Å². The second-order valence-electron chi connectivity index (χ2n) is 5.82. The first kappa shape index (κ1) is 14.7. The van der Waals surface area contributed by atoms with Crippen LogP contribution in [0.4, 0.5) is 0 Å². The molecule has 0 atom stereocenters. The van der Waals surface area contributed by atoms with Crippen LogP contribution in [0, 0.1) is 0 Å². The number of rotatable bonds is 6. The summed E-state index contributed by atoms with van der Waals surface area (Å²) in [6, 6.07) is 0.862.